The van der Waals surface area contributed by atoms with E-state index in [9.17, 15) is 9.90 Å². The highest BCUT2D eigenvalue weighted by Crippen LogP contribution is 2.60. The number of fused-ring (bicyclic) bond motifs is 1. The smallest absolute Gasteiger partial charge is 0.146 e. The normalized spacial score (nSPS) is 49.4. The molecule has 0 saturated heterocycles. The number of Topliss-reactive ketones (excluding diaryl/α,β-unsaturated/α-hetero) is 1. The van der Waals surface area contributed by atoms with Crippen molar-refractivity contribution >= 4 is 5.78 Å². The molecule has 0 aromatic rings. The van der Waals surface area contributed by atoms with Gasteiger partial charge in [0.1, 0.15) is 5.78 Å². The molecule has 1 unspecified atom stereocenters. The number of rotatable bonds is 1. The van der Waals surface area contributed by atoms with E-state index in [0.29, 0.717) is 11.8 Å². The zero-order valence-corrected chi connectivity index (χ0v) is 9.81. The first-order valence-electron chi connectivity index (χ1n) is 6.11. The minimum absolute atomic E-state index is 0.000231. The van der Waals surface area contributed by atoms with E-state index < -0.39 is 0 Å². The average molecular weight is 218 g/mol. The third-order valence-corrected chi connectivity index (χ3v) is 5.26. The number of hydrogen-bond donors (Lipinski definition) is 1. The predicted molar refractivity (Wildman–Crippen MR) is 61.7 cm³/mol. The van der Waals surface area contributed by atoms with Crippen LogP contribution in [0.5, 0.6) is 0 Å². The van der Waals surface area contributed by atoms with Gasteiger partial charge in [-0.1, -0.05) is 30.7 Å². The van der Waals surface area contributed by atoms with E-state index in [-0.39, 0.29) is 29.6 Å². The third kappa shape index (κ3) is 0.945. The van der Waals surface area contributed by atoms with Crippen LogP contribution in [0.15, 0.2) is 23.8 Å². The minimum Gasteiger partial charge on any atom is -0.396 e. The molecule has 16 heavy (non-hydrogen) atoms. The first-order chi connectivity index (χ1) is 7.60. The van der Waals surface area contributed by atoms with Crippen LogP contribution in [-0.4, -0.2) is 17.5 Å². The molecular weight excluding hydrogens is 200 g/mol. The molecule has 0 aromatic heterocycles. The SMILES string of the molecule is CC1=C[C@@H]2C(=O)C(CO)[C@@]1(C)[C@@H]1CC=C[C@H]21. The lowest BCUT2D eigenvalue weighted by atomic mass is 9.48. The van der Waals surface area contributed by atoms with Gasteiger partial charge in [-0.25, -0.2) is 0 Å². The second-order valence-electron chi connectivity index (χ2n) is 5.64. The van der Waals surface area contributed by atoms with Crippen LogP contribution >= 0.6 is 0 Å². The molecule has 1 saturated carbocycles. The van der Waals surface area contributed by atoms with E-state index in [0.717, 1.165) is 6.42 Å². The lowest BCUT2D eigenvalue weighted by molar-refractivity contribution is -0.142. The fourth-order valence-electron chi connectivity index (χ4n) is 4.15. The Morgan fingerprint density at radius 1 is 1.56 bits per heavy atom. The number of aliphatic hydroxyl groups is 1. The third-order valence-electron chi connectivity index (χ3n) is 5.26. The monoisotopic (exact) mass is 218 g/mol. The zero-order valence-electron chi connectivity index (χ0n) is 9.81. The summed E-state index contributed by atoms with van der Waals surface area (Å²) in [6.45, 7) is 4.29. The van der Waals surface area contributed by atoms with Gasteiger partial charge in [0.05, 0.1) is 12.5 Å². The maximum Gasteiger partial charge on any atom is 0.146 e. The van der Waals surface area contributed by atoms with Gasteiger partial charge in [-0.2, -0.15) is 0 Å². The Morgan fingerprint density at radius 2 is 2.31 bits per heavy atom. The lowest BCUT2D eigenvalue weighted by Gasteiger charge is -2.55. The molecule has 0 spiro atoms. The van der Waals surface area contributed by atoms with Gasteiger partial charge in [-0.05, 0) is 25.2 Å². The summed E-state index contributed by atoms with van der Waals surface area (Å²) in [5.41, 5.74) is 1.19. The van der Waals surface area contributed by atoms with E-state index in [1.165, 1.54) is 5.57 Å². The van der Waals surface area contributed by atoms with Gasteiger partial charge < -0.3 is 5.11 Å². The highest BCUT2D eigenvalue weighted by Gasteiger charge is 2.59. The van der Waals surface area contributed by atoms with Crippen LogP contribution in [-0.2, 0) is 4.79 Å². The van der Waals surface area contributed by atoms with Crippen LogP contribution in [0.4, 0.5) is 0 Å². The number of ketones is 1. The largest absolute Gasteiger partial charge is 0.396 e. The summed E-state index contributed by atoms with van der Waals surface area (Å²) in [5, 5.41) is 9.52. The summed E-state index contributed by atoms with van der Waals surface area (Å²) in [7, 11) is 0. The molecule has 2 nitrogen and oxygen atoms in total. The molecule has 86 valence electrons. The maximum absolute atomic E-state index is 12.3. The number of aliphatic hydroxyl groups excluding tert-OH is 1. The van der Waals surface area contributed by atoms with Crippen molar-refractivity contribution in [3.8, 4) is 0 Å². The van der Waals surface area contributed by atoms with E-state index in [1.54, 1.807) is 0 Å². The molecule has 1 fully saturated rings. The highest BCUT2D eigenvalue weighted by molar-refractivity contribution is 5.90. The van der Waals surface area contributed by atoms with Gasteiger partial charge >= 0.3 is 0 Å². The Bertz CT molecular complexity index is 407. The van der Waals surface area contributed by atoms with E-state index in [4.69, 9.17) is 0 Å². The predicted octanol–water partition coefficient (Wildman–Crippen LogP) is 1.95. The second-order valence-corrected chi connectivity index (χ2v) is 5.64. The molecule has 2 bridgehead atoms. The van der Waals surface area contributed by atoms with Gasteiger partial charge in [-0.3, -0.25) is 4.79 Å². The molecule has 1 N–H and O–H groups in total. The lowest BCUT2D eigenvalue weighted by Crippen LogP contribution is -2.56. The Hall–Kier alpha value is -0.890. The second kappa shape index (κ2) is 3.07. The fraction of sp³-hybridized carbons (Fsp3) is 0.643. The van der Waals surface area contributed by atoms with Crippen molar-refractivity contribution in [1.82, 2.24) is 0 Å². The molecule has 4 rings (SSSR count). The highest BCUT2D eigenvalue weighted by atomic mass is 16.3. The van der Waals surface area contributed by atoms with Crippen molar-refractivity contribution in [2.75, 3.05) is 6.61 Å². The van der Waals surface area contributed by atoms with Crippen molar-refractivity contribution in [2.45, 2.75) is 20.3 Å². The number of carbonyl (C=O) groups excluding carboxylic acids is 1. The molecule has 0 radical (unpaired) electrons. The standard InChI is InChI=1S/C14H18O2/c1-8-6-10-9-4-3-5-11(9)14(8,2)12(7-15)13(10)16/h3-4,6,9-12,15H,5,7H2,1-2H3/t9-,10+,11-,12?,14-/m1/s1. The van der Waals surface area contributed by atoms with Crippen LogP contribution in [0.2, 0.25) is 0 Å². The quantitative estimate of drug-likeness (QED) is 0.683. The molecule has 5 atom stereocenters. The summed E-state index contributed by atoms with van der Waals surface area (Å²) in [5.74, 6) is 1.02. The van der Waals surface area contributed by atoms with Crippen LogP contribution in [0.3, 0.4) is 0 Å². The molecule has 0 aromatic carbocycles. The molecule has 4 aliphatic rings. The molecule has 0 heterocycles. The van der Waals surface area contributed by atoms with Crippen molar-refractivity contribution in [1.29, 1.82) is 0 Å². The van der Waals surface area contributed by atoms with E-state index in [2.05, 4.69) is 32.1 Å². The summed E-state index contributed by atoms with van der Waals surface area (Å²) >= 11 is 0. The van der Waals surface area contributed by atoms with Gasteiger partial charge in [0.15, 0.2) is 0 Å². The van der Waals surface area contributed by atoms with E-state index in [1.807, 2.05) is 0 Å². The first-order valence-corrected chi connectivity index (χ1v) is 6.11. The van der Waals surface area contributed by atoms with Crippen molar-refractivity contribution in [3.63, 3.8) is 0 Å². The zero-order chi connectivity index (χ0) is 11.5. The Labute approximate surface area is 96.0 Å². The Kier molecular flexibility index (Phi) is 1.97. The Balaban J connectivity index is 2.16. The van der Waals surface area contributed by atoms with Gasteiger partial charge in [0.2, 0.25) is 0 Å². The van der Waals surface area contributed by atoms with Gasteiger partial charge in [0, 0.05) is 11.3 Å². The maximum atomic E-state index is 12.3. The van der Waals surface area contributed by atoms with Gasteiger partial charge in [-0.15, -0.1) is 0 Å². The van der Waals surface area contributed by atoms with Gasteiger partial charge in [0.25, 0.3) is 0 Å². The molecule has 2 heteroatoms. The number of carbonyl (C=O) groups is 1. The average Bonchev–Trinajstić information content (AvgIpc) is 2.73. The molecular formula is C14H18O2. The van der Waals surface area contributed by atoms with Crippen molar-refractivity contribution in [3.05, 3.63) is 23.8 Å². The van der Waals surface area contributed by atoms with Crippen LogP contribution in [0.1, 0.15) is 20.3 Å². The number of allylic oxidation sites excluding steroid dienone is 4. The van der Waals surface area contributed by atoms with Crippen LogP contribution in [0.25, 0.3) is 0 Å². The van der Waals surface area contributed by atoms with Crippen molar-refractivity contribution < 1.29 is 9.90 Å². The first kappa shape index (κ1) is 10.3. The van der Waals surface area contributed by atoms with Crippen molar-refractivity contribution in [2.24, 2.45) is 29.1 Å². The summed E-state index contributed by atoms with van der Waals surface area (Å²) < 4.78 is 0. The molecule has 4 aliphatic carbocycles. The number of hydrogen-bond acceptors (Lipinski definition) is 2. The fourth-order valence-corrected chi connectivity index (χ4v) is 4.15. The minimum atomic E-state index is -0.177. The van der Waals surface area contributed by atoms with Crippen LogP contribution < -0.4 is 0 Å². The summed E-state index contributed by atoms with van der Waals surface area (Å²) in [4.78, 5) is 12.3. The molecule has 0 aliphatic heterocycles. The Morgan fingerprint density at radius 3 is 3.00 bits per heavy atom. The molecule has 0 amide bonds. The van der Waals surface area contributed by atoms with E-state index >= 15 is 0 Å². The summed E-state index contributed by atoms with van der Waals surface area (Å²) in [6.07, 6.45) is 7.63. The topological polar surface area (TPSA) is 37.3 Å². The summed E-state index contributed by atoms with van der Waals surface area (Å²) in [6, 6.07) is 0. The van der Waals surface area contributed by atoms with Crippen LogP contribution in [0, 0.1) is 29.1 Å².